The van der Waals surface area contributed by atoms with Gasteiger partial charge >= 0.3 is 0 Å². The standard InChI is InChI=1S/C13H11F2NOS/c1-17-9-4-8(16)5-11(6-9)18-10-2-3-12(14)13(15)7-10/h2-7H,16H2,1H3. The maximum absolute atomic E-state index is 13.1. The van der Waals surface area contributed by atoms with E-state index >= 15 is 0 Å². The Morgan fingerprint density at radius 1 is 1.00 bits per heavy atom. The fraction of sp³-hybridized carbons (Fsp3) is 0.0769. The van der Waals surface area contributed by atoms with E-state index < -0.39 is 11.6 Å². The predicted molar refractivity (Wildman–Crippen MR) is 67.9 cm³/mol. The monoisotopic (exact) mass is 267 g/mol. The molecule has 0 fully saturated rings. The molecule has 0 bridgehead atoms. The zero-order valence-corrected chi connectivity index (χ0v) is 10.4. The van der Waals surface area contributed by atoms with E-state index in [-0.39, 0.29) is 0 Å². The van der Waals surface area contributed by atoms with Gasteiger partial charge in [-0.2, -0.15) is 0 Å². The van der Waals surface area contributed by atoms with Gasteiger partial charge in [-0.1, -0.05) is 11.8 Å². The summed E-state index contributed by atoms with van der Waals surface area (Å²) >= 11 is 1.29. The molecular weight excluding hydrogens is 256 g/mol. The largest absolute Gasteiger partial charge is 0.497 e. The average Bonchev–Trinajstić information content (AvgIpc) is 2.33. The molecule has 94 valence electrons. The minimum absolute atomic E-state index is 0.555. The maximum atomic E-state index is 13.1. The molecule has 2 aromatic carbocycles. The summed E-state index contributed by atoms with van der Waals surface area (Å²) in [6.45, 7) is 0. The number of nitrogens with two attached hydrogens (primary N) is 1. The molecule has 0 unspecified atom stereocenters. The Morgan fingerprint density at radius 3 is 2.44 bits per heavy atom. The minimum atomic E-state index is -0.865. The van der Waals surface area contributed by atoms with Gasteiger partial charge in [-0.05, 0) is 30.3 Å². The van der Waals surface area contributed by atoms with Crippen LogP contribution in [0.15, 0.2) is 46.2 Å². The summed E-state index contributed by atoms with van der Waals surface area (Å²) in [5, 5.41) is 0. The number of ether oxygens (including phenoxy) is 1. The molecule has 0 aliphatic carbocycles. The van der Waals surface area contributed by atoms with Gasteiger partial charge in [0.2, 0.25) is 0 Å². The lowest BCUT2D eigenvalue weighted by Crippen LogP contribution is -1.89. The number of hydrogen-bond donors (Lipinski definition) is 1. The molecule has 0 aliphatic rings. The molecule has 0 aromatic heterocycles. The van der Waals surface area contributed by atoms with Gasteiger partial charge in [0, 0.05) is 21.5 Å². The van der Waals surface area contributed by atoms with Crippen LogP contribution in [-0.4, -0.2) is 7.11 Å². The Hall–Kier alpha value is -1.75. The summed E-state index contributed by atoms with van der Waals surface area (Å²) < 4.78 is 31.0. The van der Waals surface area contributed by atoms with Crippen LogP contribution in [0.2, 0.25) is 0 Å². The zero-order valence-electron chi connectivity index (χ0n) is 9.61. The van der Waals surface area contributed by atoms with E-state index in [0.717, 1.165) is 17.0 Å². The van der Waals surface area contributed by atoms with Gasteiger partial charge in [-0.25, -0.2) is 8.78 Å². The molecule has 2 nitrogen and oxygen atoms in total. The van der Waals surface area contributed by atoms with Crippen molar-refractivity contribution in [3.8, 4) is 5.75 Å². The van der Waals surface area contributed by atoms with E-state index in [4.69, 9.17) is 10.5 Å². The van der Waals surface area contributed by atoms with E-state index in [0.29, 0.717) is 16.3 Å². The highest BCUT2D eigenvalue weighted by molar-refractivity contribution is 7.99. The van der Waals surface area contributed by atoms with Gasteiger partial charge in [-0.15, -0.1) is 0 Å². The fourth-order valence-electron chi connectivity index (χ4n) is 1.45. The third-order valence-electron chi connectivity index (χ3n) is 2.26. The van der Waals surface area contributed by atoms with Crippen LogP contribution in [-0.2, 0) is 0 Å². The molecule has 5 heteroatoms. The van der Waals surface area contributed by atoms with Crippen molar-refractivity contribution in [2.45, 2.75) is 9.79 Å². The van der Waals surface area contributed by atoms with Crippen LogP contribution in [0.25, 0.3) is 0 Å². The van der Waals surface area contributed by atoms with Gasteiger partial charge in [0.05, 0.1) is 7.11 Å². The SMILES string of the molecule is COc1cc(N)cc(Sc2ccc(F)c(F)c2)c1. The van der Waals surface area contributed by atoms with Gasteiger partial charge in [0.25, 0.3) is 0 Å². The highest BCUT2D eigenvalue weighted by Gasteiger charge is 2.05. The number of methoxy groups -OCH3 is 1. The third-order valence-corrected chi connectivity index (χ3v) is 3.23. The molecule has 2 N–H and O–H groups in total. The highest BCUT2D eigenvalue weighted by atomic mass is 32.2. The molecule has 18 heavy (non-hydrogen) atoms. The van der Waals surface area contributed by atoms with Gasteiger partial charge in [0.1, 0.15) is 5.75 Å². The highest BCUT2D eigenvalue weighted by Crippen LogP contribution is 2.32. The summed E-state index contributed by atoms with van der Waals surface area (Å²) in [4.78, 5) is 1.40. The third kappa shape index (κ3) is 2.92. The molecule has 0 aliphatic heterocycles. The molecule has 2 rings (SSSR count). The van der Waals surface area contributed by atoms with Crippen molar-refractivity contribution in [1.29, 1.82) is 0 Å². The summed E-state index contributed by atoms with van der Waals surface area (Å²) in [6.07, 6.45) is 0. The molecule has 0 atom stereocenters. The molecule has 0 amide bonds. The lowest BCUT2D eigenvalue weighted by Gasteiger charge is -2.06. The van der Waals surface area contributed by atoms with Crippen molar-refractivity contribution in [1.82, 2.24) is 0 Å². The lowest BCUT2D eigenvalue weighted by molar-refractivity contribution is 0.414. The van der Waals surface area contributed by atoms with Gasteiger partial charge in [0.15, 0.2) is 11.6 Å². The van der Waals surface area contributed by atoms with Crippen molar-refractivity contribution >= 4 is 17.4 Å². The molecule has 0 saturated heterocycles. The first-order valence-corrected chi connectivity index (χ1v) is 5.97. The normalized spacial score (nSPS) is 10.4. The quantitative estimate of drug-likeness (QED) is 0.861. The van der Waals surface area contributed by atoms with Crippen LogP contribution < -0.4 is 10.5 Å². The number of anilines is 1. The van der Waals surface area contributed by atoms with Crippen molar-refractivity contribution in [3.63, 3.8) is 0 Å². The smallest absolute Gasteiger partial charge is 0.159 e. The second-order valence-electron chi connectivity index (χ2n) is 3.62. The summed E-state index contributed by atoms with van der Waals surface area (Å²) in [5.41, 5.74) is 6.27. The number of rotatable bonds is 3. The first kappa shape index (κ1) is 12.7. The first-order valence-electron chi connectivity index (χ1n) is 5.16. The Kier molecular flexibility index (Phi) is 3.72. The maximum Gasteiger partial charge on any atom is 0.159 e. The molecule has 0 saturated carbocycles. The van der Waals surface area contributed by atoms with Crippen molar-refractivity contribution in [3.05, 3.63) is 48.0 Å². The lowest BCUT2D eigenvalue weighted by atomic mass is 10.3. The number of nitrogen functional groups attached to an aromatic ring is 1. The van der Waals surface area contributed by atoms with E-state index in [1.807, 2.05) is 0 Å². The van der Waals surface area contributed by atoms with E-state index in [1.54, 1.807) is 25.3 Å². The topological polar surface area (TPSA) is 35.2 Å². The number of hydrogen-bond acceptors (Lipinski definition) is 3. The molecule has 2 aromatic rings. The first-order chi connectivity index (χ1) is 8.58. The van der Waals surface area contributed by atoms with Crippen molar-refractivity contribution in [2.75, 3.05) is 12.8 Å². The average molecular weight is 267 g/mol. The van der Waals surface area contributed by atoms with Gasteiger partial charge in [-0.3, -0.25) is 0 Å². The summed E-state index contributed by atoms with van der Waals surface area (Å²) in [7, 11) is 1.54. The Morgan fingerprint density at radius 2 is 1.78 bits per heavy atom. The minimum Gasteiger partial charge on any atom is -0.497 e. The van der Waals surface area contributed by atoms with Crippen LogP contribution in [0.1, 0.15) is 0 Å². The van der Waals surface area contributed by atoms with Crippen LogP contribution in [0.4, 0.5) is 14.5 Å². The molecule has 0 spiro atoms. The van der Waals surface area contributed by atoms with Crippen LogP contribution >= 0.6 is 11.8 Å². The van der Waals surface area contributed by atoms with Crippen molar-refractivity contribution < 1.29 is 13.5 Å². The second-order valence-corrected chi connectivity index (χ2v) is 4.77. The van der Waals surface area contributed by atoms with Crippen LogP contribution in [0.5, 0.6) is 5.75 Å². The van der Waals surface area contributed by atoms with E-state index in [9.17, 15) is 8.78 Å². The molecule has 0 radical (unpaired) electrons. The fourth-order valence-corrected chi connectivity index (χ4v) is 2.39. The van der Waals surface area contributed by atoms with Crippen LogP contribution in [0, 0.1) is 11.6 Å². The van der Waals surface area contributed by atoms with E-state index in [1.165, 1.54) is 17.8 Å². The van der Waals surface area contributed by atoms with E-state index in [2.05, 4.69) is 0 Å². The summed E-state index contributed by atoms with van der Waals surface area (Å²) in [5.74, 6) is -1.10. The Balaban J connectivity index is 2.27. The zero-order chi connectivity index (χ0) is 13.1. The molecular formula is C13H11F2NOS. The van der Waals surface area contributed by atoms with Crippen LogP contribution in [0.3, 0.4) is 0 Å². The Bertz CT molecular complexity index is 575. The number of halogens is 2. The number of benzene rings is 2. The summed E-state index contributed by atoms with van der Waals surface area (Å²) in [6, 6.07) is 8.97. The second kappa shape index (κ2) is 5.27. The van der Waals surface area contributed by atoms with Crippen molar-refractivity contribution in [2.24, 2.45) is 0 Å². The molecule has 0 heterocycles. The van der Waals surface area contributed by atoms with Gasteiger partial charge < -0.3 is 10.5 Å². The Labute approximate surface area is 108 Å². The predicted octanol–water partition coefficient (Wildman–Crippen LogP) is 3.71.